The van der Waals surface area contributed by atoms with E-state index in [0.717, 1.165) is 30.0 Å². The van der Waals surface area contributed by atoms with Gasteiger partial charge in [0.15, 0.2) is 0 Å². The fourth-order valence-corrected chi connectivity index (χ4v) is 10.2. The molecule has 0 aliphatic carbocycles. The zero-order chi connectivity index (χ0) is 32.8. The van der Waals surface area contributed by atoms with Crippen molar-refractivity contribution in [3.8, 4) is 0 Å². The van der Waals surface area contributed by atoms with Crippen LogP contribution in [0.15, 0.2) is 78.9 Å². The van der Waals surface area contributed by atoms with Gasteiger partial charge >= 0.3 is 0 Å². The molecule has 2 fully saturated rings. The SMILES string of the molecule is CCN(CC)c1ccc(N2CC=C[C@]34S[C@@]5(C)C=CCN(Cc6ccccc6)C(=O)[C@H]5[C@H]3C(=O)N([C@@H](CO)C(C)C)C4C2=O)cc1. The van der Waals surface area contributed by atoms with Crippen molar-refractivity contribution in [3.63, 3.8) is 0 Å². The summed E-state index contributed by atoms with van der Waals surface area (Å²) in [7, 11) is 0. The van der Waals surface area contributed by atoms with Gasteiger partial charge in [0.05, 0.1) is 29.2 Å². The van der Waals surface area contributed by atoms with Gasteiger partial charge in [-0.15, -0.1) is 11.8 Å². The molecule has 1 spiro atoms. The molecule has 0 radical (unpaired) electrons. The summed E-state index contributed by atoms with van der Waals surface area (Å²) in [5.74, 6) is -1.98. The first-order valence-corrected chi connectivity index (χ1v) is 17.4. The number of aliphatic hydroxyl groups excluding tert-OH is 1. The second-order valence-corrected chi connectivity index (χ2v) is 15.2. The zero-order valence-corrected chi connectivity index (χ0v) is 28.3. The monoisotopic (exact) mass is 642 g/mol. The molecule has 4 aliphatic heterocycles. The minimum Gasteiger partial charge on any atom is -0.394 e. The van der Waals surface area contributed by atoms with Crippen LogP contribution >= 0.6 is 11.8 Å². The van der Waals surface area contributed by atoms with Crippen molar-refractivity contribution in [1.29, 1.82) is 0 Å². The molecular formula is C37H46N4O4S. The Morgan fingerprint density at radius 3 is 2.20 bits per heavy atom. The zero-order valence-electron chi connectivity index (χ0n) is 27.5. The number of likely N-dealkylation sites (tertiary alicyclic amines) is 1. The van der Waals surface area contributed by atoms with Gasteiger partial charge < -0.3 is 24.7 Å². The number of aliphatic hydroxyl groups is 1. The largest absolute Gasteiger partial charge is 0.394 e. The summed E-state index contributed by atoms with van der Waals surface area (Å²) in [6.07, 6.45) is 8.18. The molecule has 244 valence electrons. The molecule has 46 heavy (non-hydrogen) atoms. The number of hydrogen-bond donors (Lipinski definition) is 1. The van der Waals surface area contributed by atoms with Gasteiger partial charge in [0.25, 0.3) is 5.91 Å². The number of carbonyl (C=O) groups is 3. The average Bonchev–Trinajstić information content (AvgIpc) is 3.32. The number of amides is 3. The molecule has 9 heteroatoms. The summed E-state index contributed by atoms with van der Waals surface area (Å²) in [4.78, 5) is 51.9. The van der Waals surface area contributed by atoms with E-state index >= 15 is 0 Å². The Hall–Kier alpha value is -3.56. The van der Waals surface area contributed by atoms with Crippen LogP contribution in [-0.2, 0) is 20.9 Å². The minimum atomic E-state index is -0.971. The molecule has 0 bridgehead atoms. The second-order valence-electron chi connectivity index (χ2n) is 13.4. The summed E-state index contributed by atoms with van der Waals surface area (Å²) in [6, 6.07) is 16.5. The number of fused-ring (bicyclic) bond motifs is 2. The van der Waals surface area contributed by atoms with Gasteiger partial charge in [0.1, 0.15) is 6.04 Å². The van der Waals surface area contributed by atoms with Gasteiger partial charge in [-0.25, -0.2) is 0 Å². The third kappa shape index (κ3) is 5.16. The van der Waals surface area contributed by atoms with E-state index in [-0.39, 0.29) is 30.2 Å². The van der Waals surface area contributed by atoms with Crippen LogP contribution in [0.1, 0.15) is 40.2 Å². The average molecular weight is 643 g/mol. The normalized spacial score (nSPS) is 29.5. The lowest BCUT2D eigenvalue weighted by atomic mass is 9.74. The minimum absolute atomic E-state index is 0.0706. The predicted molar refractivity (Wildman–Crippen MR) is 185 cm³/mol. The quantitative estimate of drug-likeness (QED) is 0.398. The lowest BCUT2D eigenvalue weighted by Crippen LogP contribution is -2.58. The van der Waals surface area contributed by atoms with Crippen molar-refractivity contribution in [1.82, 2.24) is 9.80 Å². The van der Waals surface area contributed by atoms with Crippen molar-refractivity contribution in [2.24, 2.45) is 17.8 Å². The smallest absolute Gasteiger partial charge is 0.251 e. The van der Waals surface area contributed by atoms with E-state index < -0.39 is 33.4 Å². The van der Waals surface area contributed by atoms with Crippen molar-refractivity contribution in [3.05, 3.63) is 84.5 Å². The molecule has 6 rings (SSSR count). The van der Waals surface area contributed by atoms with E-state index in [0.29, 0.717) is 19.6 Å². The summed E-state index contributed by atoms with van der Waals surface area (Å²) < 4.78 is -1.66. The molecular weight excluding hydrogens is 596 g/mol. The van der Waals surface area contributed by atoms with Crippen molar-refractivity contribution in [2.75, 3.05) is 42.6 Å². The highest BCUT2D eigenvalue weighted by atomic mass is 32.2. The predicted octanol–water partition coefficient (Wildman–Crippen LogP) is 4.74. The molecule has 6 atom stereocenters. The first-order chi connectivity index (χ1) is 22.1. The van der Waals surface area contributed by atoms with Crippen molar-refractivity contribution < 1.29 is 19.5 Å². The number of nitrogens with zero attached hydrogens (tertiary/aromatic N) is 4. The number of thioether (sulfide) groups is 1. The molecule has 2 aromatic rings. The van der Waals surface area contributed by atoms with Crippen LogP contribution < -0.4 is 9.80 Å². The van der Waals surface area contributed by atoms with Crippen LogP contribution in [0.25, 0.3) is 0 Å². The van der Waals surface area contributed by atoms with E-state index in [4.69, 9.17) is 0 Å². The van der Waals surface area contributed by atoms with Gasteiger partial charge in [0.2, 0.25) is 11.8 Å². The van der Waals surface area contributed by atoms with Crippen LogP contribution in [-0.4, -0.2) is 87.0 Å². The maximum atomic E-state index is 14.9. The molecule has 0 saturated carbocycles. The number of rotatable bonds is 9. The van der Waals surface area contributed by atoms with Crippen LogP contribution in [0, 0.1) is 17.8 Å². The summed E-state index contributed by atoms with van der Waals surface area (Å²) in [6.45, 7) is 13.0. The highest BCUT2D eigenvalue weighted by Gasteiger charge is 2.74. The van der Waals surface area contributed by atoms with Crippen LogP contribution in [0.5, 0.6) is 0 Å². The standard InChI is InChI=1S/C37H46N4O4S/c1-6-38(7-2)27-15-17-28(18-16-27)40-22-12-20-37-31(34(44)41(32(37)35(40)45)29(24-42)25(3)4)30-33(43)39(21-11-19-36(30,5)46-37)23-26-13-9-8-10-14-26/h8-20,25,29-32,42H,6-7,21-24H2,1-5H3/t29-,30+,31-,32?,36-,37-/m0/s1. The van der Waals surface area contributed by atoms with E-state index in [1.54, 1.807) is 21.6 Å². The number of anilines is 2. The topological polar surface area (TPSA) is 84.4 Å². The third-order valence-electron chi connectivity index (χ3n) is 10.4. The Morgan fingerprint density at radius 2 is 1.57 bits per heavy atom. The van der Waals surface area contributed by atoms with Gasteiger partial charge in [-0.1, -0.05) is 68.5 Å². The number of hydrogen-bond acceptors (Lipinski definition) is 6. The maximum Gasteiger partial charge on any atom is 0.251 e. The maximum absolute atomic E-state index is 14.9. The number of benzene rings is 2. The summed E-state index contributed by atoms with van der Waals surface area (Å²) >= 11 is 1.58. The molecule has 1 N–H and O–H groups in total. The fourth-order valence-electron chi connectivity index (χ4n) is 8.10. The van der Waals surface area contributed by atoms with Gasteiger partial charge in [0, 0.05) is 48.8 Å². The Labute approximate surface area is 277 Å². The van der Waals surface area contributed by atoms with Gasteiger partial charge in [-0.2, -0.15) is 0 Å². The molecule has 3 amide bonds. The van der Waals surface area contributed by atoms with E-state index in [1.807, 2.05) is 98.5 Å². The number of carbonyl (C=O) groups excluding carboxylic acids is 3. The summed E-state index contributed by atoms with van der Waals surface area (Å²) in [5, 5.41) is 10.6. The summed E-state index contributed by atoms with van der Waals surface area (Å²) in [5.41, 5.74) is 2.88. The first-order valence-electron chi connectivity index (χ1n) is 16.6. The van der Waals surface area contributed by atoms with Crippen molar-refractivity contribution >= 4 is 40.9 Å². The Kier molecular flexibility index (Phi) is 8.85. The molecule has 8 nitrogen and oxygen atoms in total. The molecule has 0 aromatic heterocycles. The molecule has 2 aromatic carbocycles. The Balaban J connectivity index is 1.43. The first kappa shape index (κ1) is 32.4. The highest BCUT2D eigenvalue weighted by Crippen LogP contribution is 2.66. The van der Waals surface area contributed by atoms with Crippen molar-refractivity contribution in [2.45, 2.75) is 62.7 Å². The van der Waals surface area contributed by atoms with Crippen LogP contribution in [0.3, 0.4) is 0 Å². The third-order valence-corrected chi connectivity index (χ3v) is 12.2. The molecule has 4 heterocycles. The van der Waals surface area contributed by atoms with Gasteiger partial charge in [-0.3, -0.25) is 14.4 Å². The van der Waals surface area contributed by atoms with E-state index in [1.165, 1.54) is 0 Å². The Morgan fingerprint density at radius 1 is 0.891 bits per heavy atom. The fraction of sp³-hybridized carbons (Fsp3) is 0.486. The van der Waals surface area contributed by atoms with Crippen LogP contribution in [0.4, 0.5) is 11.4 Å². The lowest BCUT2D eigenvalue weighted by Gasteiger charge is -2.41. The Bertz CT molecular complexity index is 1520. The highest BCUT2D eigenvalue weighted by molar-refractivity contribution is 8.02. The lowest BCUT2D eigenvalue weighted by molar-refractivity contribution is -0.146. The van der Waals surface area contributed by atoms with E-state index in [2.05, 4.69) is 24.8 Å². The van der Waals surface area contributed by atoms with E-state index in [9.17, 15) is 19.5 Å². The molecule has 4 aliphatic rings. The molecule has 1 unspecified atom stereocenters. The van der Waals surface area contributed by atoms with Gasteiger partial charge in [-0.05, 0) is 56.5 Å². The van der Waals surface area contributed by atoms with Crippen LogP contribution in [0.2, 0.25) is 0 Å². The molecule has 2 saturated heterocycles. The second kappa shape index (κ2) is 12.6.